The van der Waals surface area contributed by atoms with E-state index in [0.29, 0.717) is 0 Å². The van der Waals surface area contributed by atoms with Gasteiger partial charge in [-0.3, -0.25) is 10.1 Å². The van der Waals surface area contributed by atoms with E-state index < -0.39 is 4.92 Å². The number of hydrogen-bond donors (Lipinski definition) is 1. The minimum absolute atomic E-state index is 0.0712. The van der Waals surface area contributed by atoms with Crippen molar-refractivity contribution in [2.45, 2.75) is 0 Å². The van der Waals surface area contributed by atoms with Crippen molar-refractivity contribution in [2.24, 2.45) is 0 Å². The summed E-state index contributed by atoms with van der Waals surface area (Å²) in [5.74, 6) is 0.201. The second-order valence-corrected chi connectivity index (χ2v) is 2.74. The molecule has 9 heteroatoms. The van der Waals surface area contributed by atoms with Crippen LogP contribution in [0.1, 0.15) is 0 Å². The van der Waals surface area contributed by atoms with E-state index in [1.54, 1.807) is 7.05 Å². The van der Waals surface area contributed by atoms with Crippen molar-refractivity contribution in [3.05, 3.63) is 29.1 Å². The highest BCUT2D eigenvalue weighted by Gasteiger charge is 2.23. The zero-order valence-electron chi connectivity index (χ0n) is 8.23. The molecule has 0 bridgehead atoms. The Hall–Kier alpha value is -2.58. The molecule has 0 aliphatic rings. The predicted octanol–water partition coefficient (Wildman–Crippen LogP) is 0.00720. The fourth-order valence-corrected chi connectivity index (χ4v) is 1.21. The maximum atomic E-state index is 10.9. The maximum absolute atomic E-state index is 10.9. The number of nitrogens with one attached hydrogen (secondary N) is 1. The molecule has 0 aliphatic heterocycles. The fraction of sp³-hybridized carbons (Fsp3) is 0.143. The third-order valence-electron chi connectivity index (χ3n) is 1.86. The van der Waals surface area contributed by atoms with E-state index in [4.69, 9.17) is 0 Å². The standard InChI is InChI=1S/C7H7N7O2/c1-8-6-5(14(15)16)7(11-3-10-6)13-4-9-2-12-13/h2-4H,1H3,(H,8,10,11). The molecule has 16 heavy (non-hydrogen) atoms. The lowest BCUT2D eigenvalue weighted by molar-refractivity contribution is -0.384. The highest BCUT2D eigenvalue weighted by Crippen LogP contribution is 2.26. The summed E-state index contributed by atoms with van der Waals surface area (Å²) in [7, 11) is 1.54. The normalized spacial score (nSPS) is 10.1. The van der Waals surface area contributed by atoms with E-state index in [0.717, 1.165) is 0 Å². The van der Waals surface area contributed by atoms with Gasteiger partial charge in [-0.05, 0) is 0 Å². The lowest BCUT2D eigenvalue weighted by Gasteiger charge is -2.04. The summed E-state index contributed by atoms with van der Waals surface area (Å²) < 4.78 is 1.21. The average Bonchev–Trinajstić information content (AvgIpc) is 2.81. The predicted molar refractivity (Wildman–Crippen MR) is 53.2 cm³/mol. The Morgan fingerprint density at radius 3 is 2.81 bits per heavy atom. The highest BCUT2D eigenvalue weighted by atomic mass is 16.6. The van der Waals surface area contributed by atoms with Crippen LogP contribution in [0, 0.1) is 10.1 Å². The molecule has 0 aromatic carbocycles. The van der Waals surface area contributed by atoms with Crippen molar-refractivity contribution >= 4 is 11.5 Å². The molecule has 2 rings (SSSR count). The van der Waals surface area contributed by atoms with Crippen LogP contribution in [-0.4, -0.2) is 36.7 Å². The molecular formula is C7H7N7O2. The van der Waals surface area contributed by atoms with Gasteiger partial charge >= 0.3 is 5.69 Å². The largest absolute Gasteiger partial charge is 0.367 e. The van der Waals surface area contributed by atoms with Gasteiger partial charge in [-0.15, -0.1) is 0 Å². The van der Waals surface area contributed by atoms with Crippen molar-refractivity contribution in [3.8, 4) is 5.82 Å². The van der Waals surface area contributed by atoms with Gasteiger partial charge in [-0.2, -0.15) is 9.78 Å². The number of anilines is 1. The zero-order chi connectivity index (χ0) is 11.5. The highest BCUT2D eigenvalue weighted by molar-refractivity contribution is 5.63. The van der Waals surface area contributed by atoms with Crippen molar-refractivity contribution in [1.82, 2.24) is 24.7 Å². The van der Waals surface area contributed by atoms with Crippen LogP contribution < -0.4 is 5.32 Å². The Balaban J connectivity index is 2.65. The van der Waals surface area contributed by atoms with E-state index in [-0.39, 0.29) is 17.3 Å². The van der Waals surface area contributed by atoms with Gasteiger partial charge in [0, 0.05) is 7.05 Å². The Kier molecular flexibility index (Phi) is 2.42. The summed E-state index contributed by atoms with van der Waals surface area (Å²) in [5.41, 5.74) is -0.240. The maximum Gasteiger partial charge on any atom is 0.355 e. The monoisotopic (exact) mass is 221 g/mol. The van der Waals surface area contributed by atoms with Crippen molar-refractivity contribution in [3.63, 3.8) is 0 Å². The van der Waals surface area contributed by atoms with E-state index in [1.165, 1.54) is 23.7 Å². The first-order chi connectivity index (χ1) is 7.74. The van der Waals surface area contributed by atoms with Crippen LogP contribution in [0.15, 0.2) is 19.0 Å². The molecule has 2 aromatic rings. The van der Waals surface area contributed by atoms with Crippen LogP contribution in [0.3, 0.4) is 0 Å². The van der Waals surface area contributed by atoms with E-state index in [9.17, 15) is 10.1 Å². The molecule has 0 unspecified atom stereocenters. The molecule has 0 fully saturated rings. The van der Waals surface area contributed by atoms with E-state index in [1.807, 2.05) is 0 Å². The summed E-state index contributed by atoms with van der Waals surface area (Å²) in [6.07, 6.45) is 3.81. The second-order valence-electron chi connectivity index (χ2n) is 2.74. The fourth-order valence-electron chi connectivity index (χ4n) is 1.21. The molecule has 0 saturated heterocycles. The minimum Gasteiger partial charge on any atom is -0.367 e. The van der Waals surface area contributed by atoms with Crippen LogP contribution in [0.25, 0.3) is 5.82 Å². The van der Waals surface area contributed by atoms with Crippen molar-refractivity contribution in [1.29, 1.82) is 0 Å². The van der Waals surface area contributed by atoms with Gasteiger partial charge in [0.25, 0.3) is 0 Å². The Morgan fingerprint density at radius 2 is 2.25 bits per heavy atom. The van der Waals surface area contributed by atoms with Crippen LogP contribution in [0.5, 0.6) is 0 Å². The second kappa shape index (κ2) is 3.88. The minimum atomic E-state index is -0.567. The molecule has 0 spiro atoms. The zero-order valence-corrected chi connectivity index (χ0v) is 8.23. The topological polar surface area (TPSA) is 112 Å². The molecular weight excluding hydrogens is 214 g/mol. The molecule has 0 amide bonds. The number of nitro groups is 1. The Labute approximate surface area is 89.3 Å². The quantitative estimate of drug-likeness (QED) is 0.573. The van der Waals surface area contributed by atoms with E-state index in [2.05, 4.69) is 25.4 Å². The van der Waals surface area contributed by atoms with Gasteiger partial charge in [0.15, 0.2) is 0 Å². The van der Waals surface area contributed by atoms with Gasteiger partial charge in [0.1, 0.15) is 19.0 Å². The lowest BCUT2D eigenvalue weighted by atomic mass is 10.4. The molecule has 0 saturated carbocycles. The molecule has 0 atom stereocenters. The molecule has 9 nitrogen and oxygen atoms in total. The number of rotatable bonds is 3. The summed E-state index contributed by atoms with van der Waals surface area (Å²) >= 11 is 0. The third-order valence-corrected chi connectivity index (χ3v) is 1.86. The van der Waals surface area contributed by atoms with Crippen LogP contribution >= 0.6 is 0 Å². The average molecular weight is 221 g/mol. The Bertz CT molecular complexity index is 509. The molecule has 0 aliphatic carbocycles. The van der Waals surface area contributed by atoms with Gasteiger partial charge in [0.05, 0.1) is 4.92 Å². The number of hydrogen-bond acceptors (Lipinski definition) is 7. The SMILES string of the molecule is CNc1ncnc(-n2cncn2)c1[N+](=O)[O-]. The Morgan fingerprint density at radius 1 is 1.44 bits per heavy atom. The third kappa shape index (κ3) is 1.54. The summed E-state index contributed by atoms with van der Waals surface area (Å²) in [6, 6.07) is 0. The molecule has 2 aromatic heterocycles. The summed E-state index contributed by atoms with van der Waals surface area (Å²) in [5, 5.41) is 17.3. The smallest absolute Gasteiger partial charge is 0.355 e. The number of aromatic nitrogens is 5. The van der Waals surface area contributed by atoms with Crippen LogP contribution in [-0.2, 0) is 0 Å². The summed E-state index contributed by atoms with van der Waals surface area (Å²) in [4.78, 5) is 21.6. The van der Waals surface area contributed by atoms with E-state index >= 15 is 0 Å². The van der Waals surface area contributed by atoms with Gasteiger partial charge in [-0.1, -0.05) is 0 Å². The van der Waals surface area contributed by atoms with Gasteiger partial charge in [0.2, 0.25) is 11.6 Å². The molecule has 1 N–H and O–H groups in total. The van der Waals surface area contributed by atoms with Crippen LogP contribution in [0.2, 0.25) is 0 Å². The van der Waals surface area contributed by atoms with Gasteiger partial charge in [-0.25, -0.2) is 15.0 Å². The molecule has 2 heterocycles. The first kappa shape index (κ1) is 9.96. The van der Waals surface area contributed by atoms with Crippen molar-refractivity contribution in [2.75, 3.05) is 12.4 Å². The molecule has 0 radical (unpaired) electrons. The first-order valence-electron chi connectivity index (χ1n) is 4.26. The lowest BCUT2D eigenvalue weighted by Crippen LogP contribution is -2.07. The molecule has 82 valence electrons. The van der Waals surface area contributed by atoms with Gasteiger partial charge < -0.3 is 5.32 Å². The summed E-state index contributed by atoms with van der Waals surface area (Å²) in [6.45, 7) is 0. The number of nitrogens with zero attached hydrogens (tertiary/aromatic N) is 6. The first-order valence-corrected chi connectivity index (χ1v) is 4.26. The van der Waals surface area contributed by atoms with Crippen molar-refractivity contribution < 1.29 is 4.92 Å². The van der Waals surface area contributed by atoms with Crippen LogP contribution in [0.4, 0.5) is 11.5 Å².